The Morgan fingerprint density at radius 3 is 2.74 bits per heavy atom. The van der Waals surface area contributed by atoms with E-state index in [2.05, 4.69) is 20.9 Å². The zero-order valence-electron chi connectivity index (χ0n) is 10.8. The van der Waals surface area contributed by atoms with Crippen molar-refractivity contribution in [2.45, 2.75) is 13.8 Å². The Balaban J connectivity index is 2.39. The molecule has 1 aromatic heterocycles. The van der Waals surface area contributed by atoms with E-state index < -0.39 is 0 Å². The summed E-state index contributed by atoms with van der Waals surface area (Å²) in [6, 6.07) is 6.76. The van der Waals surface area contributed by atoms with Gasteiger partial charge in [-0.1, -0.05) is 6.07 Å². The molecule has 2 rings (SSSR count). The van der Waals surface area contributed by atoms with Gasteiger partial charge in [0.1, 0.15) is 11.4 Å². The topological polar surface area (TPSA) is 56.3 Å². The molecule has 100 valence electrons. The number of hydrogen-bond donors (Lipinski definition) is 2. The van der Waals surface area contributed by atoms with Crippen LogP contribution in [0.25, 0.3) is 0 Å². The number of phenols is 1. The number of nitrogens with one attached hydrogen (secondary N) is 1. The quantitative estimate of drug-likeness (QED) is 0.909. The summed E-state index contributed by atoms with van der Waals surface area (Å²) < 4.78 is 0.833. The van der Waals surface area contributed by atoms with E-state index in [0.717, 1.165) is 15.7 Å². The summed E-state index contributed by atoms with van der Waals surface area (Å²) in [6.45, 7) is 4.34. The minimum Gasteiger partial charge on any atom is -0.508 e. The van der Waals surface area contributed by atoms with Crippen LogP contribution in [0.3, 0.4) is 0 Å². The van der Waals surface area contributed by atoms with E-state index in [1.165, 1.54) is 0 Å². The van der Waals surface area contributed by atoms with Crippen LogP contribution in [0.4, 0.5) is 5.69 Å². The normalized spacial score (nSPS) is 10.5. The number of benzene rings is 1. The average Bonchev–Trinajstić information content (AvgIpc) is 2.81. The standard InChI is InChI=1S/C14H15BrN2O2/c1-3-17(13-7-11(18)5-4-9(13)2)14(19)12-6-10(15)8-16-12/h4-8,16,18H,3H2,1-2H3. The number of aromatic amines is 1. The molecule has 0 spiro atoms. The molecule has 1 aromatic carbocycles. The summed E-state index contributed by atoms with van der Waals surface area (Å²) in [5.74, 6) is 0.0291. The highest BCUT2D eigenvalue weighted by atomic mass is 79.9. The van der Waals surface area contributed by atoms with E-state index in [1.54, 1.807) is 35.4 Å². The summed E-state index contributed by atoms with van der Waals surface area (Å²) in [5, 5.41) is 9.59. The van der Waals surface area contributed by atoms with E-state index in [0.29, 0.717) is 12.2 Å². The maximum Gasteiger partial charge on any atom is 0.274 e. The van der Waals surface area contributed by atoms with Crippen molar-refractivity contribution in [3.63, 3.8) is 0 Å². The van der Waals surface area contributed by atoms with Crippen LogP contribution in [-0.2, 0) is 0 Å². The van der Waals surface area contributed by atoms with Crippen LogP contribution in [0.1, 0.15) is 23.0 Å². The SMILES string of the molecule is CCN(C(=O)c1cc(Br)c[nH]1)c1cc(O)ccc1C. The molecule has 2 aromatic rings. The maximum atomic E-state index is 12.4. The molecule has 4 nitrogen and oxygen atoms in total. The first kappa shape index (κ1) is 13.7. The number of aromatic hydroxyl groups is 1. The smallest absolute Gasteiger partial charge is 0.274 e. The first-order valence-electron chi connectivity index (χ1n) is 5.98. The lowest BCUT2D eigenvalue weighted by molar-refractivity contribution is 0.0984. The highest BCUT2D eigenvalue weighted by Crippen LogP contribution is 2.26. The Hall–Kier alpha value is -1.75. The highest BCUT2D eigenvalue weighted by Gasteiger charge is 2.19. The van der Waals surface area contributed by atoms with E-state index >= 15 is 0 Å². The van der Waals surface area contributed by atoms with Gasteiger partial charge in [0, 0.05) is 23.3 Å². The molecule has 2 N–H and O–H groups in total. The zero-order chi connectivity index (χ0) is 14.0. The number of aryl methyl sites for hydroxylation is 1. The number of hydrogen-bond acceptors (Lipinski definition) is 2. The van der Waals surface area contributed by atoms with Crippen LogP contribution in [0.2, 0.25) is 0 Å². The Morgan fingerprint density at radius 1 is 1.42 bits per heavy atom. The number of anilines is 1. The van der Waals surface area contributed by atoms with E-state index in [-0.39, 0.29) is 11.7 Å². The van der Waals surface area contributed by atoms with Crippen molar-refractivity contribution in [2.75, 3.05) is 11.4 Å². The molecule has 5 heteroatoms. The van der Waals surface area contributed by atoms with Gasteiger partial charge in [0.15, 0.2) is 0 Å². The molecule has 0 saturated heterocycles. The lowest BCUT2D eigenvalue weighted by Crippen LogP contribution is -2.31. The van der Waals surface area contributed by atoms with Crippen LogP contribution in [0, 0.1) is 6.92 Å². The Bertz CT molecular complexity index is 607. The highest BCUT2D eigenvalue weighted by molar-refractivity contribution is 9.10. The monoisotopic (exact) mass is 322 g/mol. The van der Waals surface area contributed by atoms with Crippen LogP contribution in [-0.4, -0.2) is 22.5 Å². The van der Waals surface area contributed by atoms with Gasteiger partial charge in [-0.25, -0.2) is 0 Å². The molecule has 19 heavy (non-hydrogen) atoms. The lowest BCUT2D eigenvalue weighted by Gasteiger charge is -2.22. The second-order valence-electron chi connectivity index (χ2n) is 4.25. The molecular formula is C14H15BrN2O2. The van der Waals surface area contributed by atoms with Gasteiger partial charge < -0.3 is 15.0 Å². The number of carbonyl (C=O) groups is 1. The fourth-order valence-electron chi connectivity index (χ4n) is 1.95. The molecule has 1 amide bonds. The molecule has 0 unspecified atom stereocenters. The Morgan fingerprint density at radius 2 is 2.16 bits per heavy atom. The number of H-pyrrole nitrogens is 1. The second-order valence-corrected chi connectivity index (χ2v) is 5.17. The molecular weight excluding hydrogens is 308 g/mol. The van der Waals surface area contributed by atoms with Gasteiger partial charge in [-0.15, -0.1) is 0 Å². The molecule has 0 aliphatic rings. The summed E-state index contributed by atoms with van der Waals surface area (Å²) in [6.07, 6.45) is 1.72. The minimum absolute atomic E-state index is 0.123. The summed E-state index contributed by atoms with van der Waals surface area (Å²) in [5.41, 5.74) is 2.17. The third-order valence-electron chi connectivity index (χ3n) is 2.92. The number of halogens is 1. The van der Waals surface area contributed by atoms with E-state index in [1.807, 2.05) is 13.8 Å². The van der Waals surface area contributed by atoms with E-state index in [9.17, 15) is 9.90 Å². The number of aromatic nitrogens is 1. The van der Waals surface area contributed by atoms with Crippen LogP contribution in [0.5, 0.6) is 5.75 Å². The molecule has 0 radical (unpaired) electrons. The fourth-order valence-corrected chi connectivity index (χ4v) is 2.29. The van der Waals surface area contributed by atoms with Crippen LogP contribution < -0.4 is 4.90 Å². The van der Waals surface area contributed by atoms with Gasteiger partial charge in [-0.2, -0.15) is 0 Å². The second kappa shape index (κ2) is 5.48. The number of amides is 1. The average molecular weight is 323 g/mol. The van der Waals surface area contributed by atoms with Crippen molar-refractivity contribution in [1.82, 2.24) is 4.98 Å². The largest absolute Gasteiger partial charge is 0.508 e. The van der Waals surface area contributed by atoms with Crippen LogP contribution in [0.15, 0.2) is 34.9 Å². The van der Waals surface area contributed by atoms with Crippen molar-refractivity contribution in [1.29, 1.82) is 0 Å². The summed E-state index contributed by atoms with van der Waals surface area (Å²) in [7, 11) is 0. The lowest BCUT2D eigenvalue weighted by atomic mass is 10.1. The molecule has 0 saturated carbocycles. The molecule has 0 aliphatic carbocycles. The molecule has 0 aliphatic heterocycles. The van der Waals surface area contributed by atoms with Crippen molar-refractivity contribution in [3.8, 4) is 5.75 Å². The third-order valence-corrected chi connectivity index (χ3v) is 3.38. The van der Waals surface area contributed by atoms with Gasteiger partial charge in [0.05, 0.1) is 5.69 Å². The Labute approximate surface area is 120 Å². The number of nitrogens with zero attached hydrogens (tertiary/aromatic N) is 1. The first-order chi connectivity index (χ1) is 9.02. The summed E-state index contributed by atoms with van der Waals surface area (Å²) >= 11 is 3.31. The minimum atomic E-state index is -0.123. The fraction of sp³-hybridized carbons (Fsp3) is 0.214. The molecule has 0 fully saturated rings. The Kier molecular flexibility index (Phi) is 3.95. The van der Waals surface area contributed by atoms with Crippen molar-refractivity contribution in [3.05, 3.63) is 46.2 Å². The van der Waals surface area contributed by atoms with Gasteiger partial charge in [0.25, 0.3) is 5.91 Å². The molecule has 0 bridgehead atoms. The van der Waals surface area contributed by atoms with Gasteiger partial charge in [-0.3, -0.25) is 4.79 Å². The molecule has 1 heterocycles. The molecule has 0 atom stereocenters. The van der Waals surface area contributed by atoms with Gasteiger partial charge in [-0.05, 0) is 47.5 Å². The van der Waals surface area contributed by atoms with E-state index in [4.69, 9.17) is 0 Å². The van der Waals surface area contributed by atoms with Gasteiger partial charge in [0.2, 0.25) is 0 Å². The van der Waals surface area contributed by atoms with Gasteiger partial charge >= 0.3 is 0 Å². The predicted octanol–water partition coefficient (Wildman–Crippen LogP) is 3.46. The predicted molar refractivity (Wildman–Crippen MR) is 78.7 cm³/mol. The maximum absolute atomic E-state index is 12.4. The number of carbonyl (C=O) groups excluding carboxylic acids is 1. The first-order valence-corrected chi connectivity index (χ1v) is 6.77. The third kappa shape index (κ3) is 2.81. The zero-order valence-corrected chi connectivity index (χ0v) is 12.4. The van der Waals surface area contributed by atoms with Crippen LogP contribution >= 0.6 is 15.9 Å². The summed E-state index contributed by atoms with van der Waals surface area (Å²) in [4.78, 5) is 17.0. The van der Waals surface area contributed by atoms with Crippen molar-refractivity contribution < 1.29 is 9.90 Å². The van der Waals surface area contributed by atoms with Crippen molar-refractivity contribution in [2.24, 2.45) is 0 Å². The number of phenolic OH excluding ortho intramolecular Hbond substituents is 1. The van der Waals surface area contributed by atoms with Crippen molar-refractivity contribution >= 4 is 27.5 Å². The number of rotatable bonds is 3.